The van der Waals surface area contributed by atoms with Crippen molar-refractivity contribution in [2.45, 2.75) is 57.0 Å². The molecule has 1 aliphatic heterocycles. The van der Waals surface area contributed by atoms with E-state index in [1.807, 2.05) is 0 Å². The van der Waals surface area contributed by atoms with Crippen LogP contribution in [0.25, 0.3) is 0 Å². The molecule has 0 amide bonds. The van der Waals surface area contributed by atoms with Crippen molar-refractivity contribution in [2.24, 2.45) is 11.8 Å². The summed E-state index contributed by atoms with van der Waals surface area (Å²) in [5, 5.41) is 0. The molecule has 3 heteroatoms. The highest BCUT2D eigenvalue weighted by molar-refractivity contribution is 5.85. The molecule has 15 heavy (non-hydrogen) atoms. The van der Waals surface area contributed by atoms with Crippen LogP contribution in [0.15, 0.2) is 0 Å². The summed E-state index contributed by atoms with van der Waals surface area (Å²) in [5.74, 6) is 1.17. The third-order valence-electron chi connectivity index (χ3n) is 4.47. The molecule has 3 rings (SSSR count). The standard InChI is InChI=1S/C12H20N2O/c15-12-8-4-1-2-6-10(8)13-14-11-7-3-5-9(11)12/h8-11,13-14H,1-7H2. The van der Waals surface area contributed by atoms with Gasteiger partial charge in [-0.15, -0.1) is 0 Å². The molecular weight excluding hydrogens is 188 g/mol. The molecule has 3 nitrogen and oxygen atoms in total. The highest BCUT2D eigenvalue weighted by Crippen LogP contribution is 2.35. The molecule has 4 atom stereocenters. The van der Waals surface area contributed by atoms with Gasteiger partial charge in [-0.1, -0.05) is 19.3 Å². The van der Waals surface area contributed by atoms with E-state index in [4.69, 9.17) is 0 Å². The van der Waals surface area contributed by atoms with Gasteiger partial charge in [-0.2, -0.15) is 0 Å². The molecule has 0 spiro atoms. The van der Waals surface area contributed by atoms with Crippen LogP contribution >= 0.6 is 0 Å². The van der Waals surface area contributed by atoms with Gasteiger partial charge < -0.3 is 0 Å². The molecule has 3 aliphatic rings. The molecule has 1 heterocycles. The Morgan fingerprint density at radius 3 is 2.07 bits per heavy atom. The Morgan fingerprint density at radius 1 is 0.800 bits per heavy atom. The van der Waals surface area contributed by atoms with Gasteiger partial charge in [0.25, 0.3) is 0 Å². The third kappa shape index (κ3) is 1.62. The van der Waals surface area contributed by atoms with E-state index in [0.717, 1.165) is 12.8 Å². The number of hydrogen-bond acceptors (Lipinski definition) is 3. The van der Waals surface area contributed by atoms with Crippen LogP contribution in [-0.2, 0) is 4.79 Å². The highest BCUT2D eigenvalue weighted by Gasteiger charge is 2.42. The minimum atomic E-state index is 0.305. The lowest BCUT2D eigenvalue weighted by atomic mass is 9.78. The SMILES string of the molecule is O=C1C2CCCCC2NNC2CCCC12. The van der Waals surface area contributed by atoms with E-state index < -0.39 is 0 Å². The maximum Gasteiger partial charge on any atom is 0.142 e. The van der Waals surface area contributed by atoms with Crippen LogP contribution in [-0.4, -0.2) is 17.9 Å². The summed E-state index contributed by atoms with van der Waals surface area (Å²) in [6.45, 7) is 0. The van der Waals surface area contributed by atoms with Gasteiger partial charge in [-0.05, 0) is 25.7 Å². The number of rotatable bonds is 0. The summed E-state index contributed by atoms with van der Waals surface area (Å²) in [7, 11) is 0. The lowest BCUT2D eigenvalue weighted by molar-refractivity contribution is -0.127. The first kappa shape index (κ1) is 9.79. The van der Waals surface area contributed by atoms with E-state index in [-0.39, 0.29) is 0 Å². The van der Waals surface area contributed by atoms with Crippen molar-refractivity contribution >= 4 is 5.78 Å². The second-order valence-corrected chi connectivity index (χ2v) is 5.33. The molecule has 0 aromatic heterocycles. The topological polar surface area (TPSA) is 41.1 Å². The fraction of sp³-hybridized carbons (Fsp3) is 0.917. The lowest BCUT2D eigenvalue weighted by Gasteiger charge is -2.29. The lowest BCUT2D eigenvalue weighted by Crippen LogP contribution is -2.47. The monoisotopic (exact) mass is 208 g/mol. The first-order chi connectivity index (χ1) is 7.36. The molecule has 4 unspecified atom stereocenters. The van der Waals surface area contributed by atoms with Gasteiger partial charge in [0.1, 0.15) is 5.78 Å². The minimum Gasteiger partial charge on any atom is -0.299 e. The molecule has 2 N–H and O–H groups in total. The predicted molar refractivity (Wildman–Crippen MR) is 58.2 cm³/mol. The van der Waals surface area contributed by atoms with Crippen molar-refractivity contribution in [3.8, 4) is 0 Å². The quantitative estimate of drug-likeness (QED) is 0.632. The average molecular weight is 208 g/mol. The first-order valence-corrected chi connectivity index (χ1v) is 6.41. The number of ketones is 1. The summed E-state index contributed by atoms with van der Waals surface area (Å²) in [4.78, 5) is 12.4. The number of Topliss-reactive ketones (excluding diaryl/α,β-unsaturated/α-hetero) is 1. The van der Waals surface area contributed by atoms with Crippen molar-refractivity contribution in [1.29, 1.82) is 0 Å². The fourth-order valence-corrected chi connectivity index (χ4v) is 3.61. The van der Waals surface area contributed by atoms with Gasteiger partial charge in [-0.3, -0.25) is 15.6 Å². The van der Waals surface area contributed by atoms with Crippen LogP contribution in [0, 0.1) is 11.8 Å². The Bertz CT molecular complexity index is 266. The largest absolute Gasteiger partial charge is 0.299 e. The van der Waals surface area contributed by atoms with Crippen molar-refractivity contribution in [2.75, 3.05) is 0 Å². The zero-order valence-electron chi connectivity index (χ0n) is 9.17. The molecular formula is C12H20N2O. The first-order valence-electron chi connectivity index (χ1n) is 6.41. The van der Waals surface area contributed by atoms with Gasteiger partial charge in [0.05, 0.1) is 0 Å². The number of hydrazine groups is 1. The maximum atomic E-state index is 12.4. The number of fused-ring (bicyclic) bond motifs is 2. The van der Waals surface area contributed by atoms with E-state index in [1.165, 1.54) is 32.1 Å². The molecule has 3 fully saturated rings. The number of hydrogen-bond donors (Lipinski definition) is 2. The van der Waals surface area contributed by atoms with Gasteiger partial charge in [-0.25, -0.2) is 0 Å². The normalized spacial score (nSPS) is 45.7. The molecule has 2 saturated carbocycles. The zero-order chi connectivity index (χ0) is 10.3. The second kappa shape index (κ2) is 3.87. The predicted octanol–water partition coefficient (Wildman–Crippen LogP) is 1.39. The van der Waals surface area contributed by atoms with Crippen molar-refractivity contribution in [3.05, 3.63) is 0 Å². The molecule has 0 aromatic rings. The Kier molecular flexibility index (Phi) is 2.53. The fourth-order valence-electron chi connectivity index (χ4n) is 3.61. The summed E-state index contributed by atoms with van der Waals surface area (Å²) in [6, 6.07) is 0.833. The maximum absolute atomic E-state index is 12.4. The molecule has 0 radical (unpaired) electrons. The molecule has 1 saturated heterocycles. The molecule has 84 valence electrons. The number of carbonyl (C=O) groups is 1. The Balaban J connectivity index is 1.82. The van der Waals surface area contributed by atoms with Gasteiger partial charge in [0.2, 0.25) is 0 Å². The van der Waals surface area contributed by atoms with E-state index in [0.29, 0.717) is 29.7 Å². The average Bonchev–Trinajstić information content (AvgIpc) is 2.69. The van der Waals surface area contributed by atoms with Crippen LogP contribution in [0.3, 0.4) is 0 Å². The summed E-state index contributed by atoms with van der Waals surface area (Å²) < 4.78 is 0. The Hall–Kier alpha value is -0.410. The van der Waals surface area contributed by atoms with Gasteiger partial charge >= 0.3 is 0 Å². The van der Waals surface area contributed by atoms with E-state index in [2.05, 4.69) is 10.9 Å². The molecule has 0 bridgehead atoms. The second-order valence-electron chi connectivity index (χ2n) is 5.33. The van der Waals surface area contributed by atoms with Crippen LogP contribution in [0.4, 0.5) is 0 Å². The number of nitrogens with one attached hydrogen (secondary N) is 2. The van der Waals surface area contributed by atoms with Crippen molar-refractivity contribution in [3.63, 3.8) is 0 Å². The van der Waals surface area contributed by atoms with Crippen LogP contribution in [0.2, 0.25) is 0 Å². The molecule has 2 aliphatic carbocycles. The Labute approximate surface area is 91.0 Å². The zero-order valence-corrected chi connectivity index (χ0v) is 9.17. The number of carbonyl (C=O) groups excluding carboxylic acids is 1. The molecule has 0 aromatic carbocycles. The van der Waals surface area contributed by atoms with Crippen molar-refractivity contribution in [1.82, 2.24) is 10.9 Å². The summed E-state index contributed by atoms with van der Waals surface area (Å²) >= 11 is 0. The van der Waals surface area contributed by atoms with Crippen LogP contribution in [0.5, 0.6) is 0 Å². The van der Waals surface area contributed by atoms with Crippen LogP contribution in [0.1, 0.15) is 44.9 Å². The summed E-state index contributed by atoms with van der Waals surface area (Å²) in [6.07, 6.45) is 8.30. The Morgan fingerprint density at radius 2 is 1.33 bits per heavy atom. The van der Waals surface area contributed by atoms with E-state index in [9.17, 15) is 4.79 Å². The van der Waals surface area contributed by atoms with Gasteiger partial charge in [0, 0.05) is 23.9 Å². The third-order valence-corrected chi connectivity index (χ3v) is 4.47. The van der Waals surface area contributed by atoms with Gasteiger partial charge in [0.15, 0.2) is 0 Å². The van der Waals surface area contributed by atoms with Crippen LogP contribution < -0.4 is 10.9 Å². The summed E-state index contributed by atoms with van der Waals surface area (Å²) in [5.41, 5.74) is 6.82. The van der Waals surface area contributed by atoms with E-state index in [1.54, 1.807) is 0 Å². The minimum absolute atomic E-state index is 0.305. The van der Waals surface area contributed by atoms with Crippen molar-refractivity contribution < 1.29 is 4.79 Å². The highest BCUT2D eigenvalue weighted by atomic mass is 16.1. The van der Waals surface area contributed by atoms with E-state index >= 15 is 0 Å². The smallest absolute Gasteiger partial charge is 0.142 e.